The van der Waals surface area contributed by atoms with E-state index in [4.69, 9.17) is 4.74 Å². The van der Waals surface area contributed by atoms with Gasteiger partial charge in [-0.1, -0.05) is 12.1 Å². The van der Waals surface area contributed by atoms with Gasteiger partial charge >= 0.3 is 0 Å². The third kappa shape index (κ3) is 6.62. The fourth-order valence-corrected chi connectivity index (χ4v) is 3.98. The zero-order valence-corrected chi connectivity index (χ0v) is 18.9. The molecule has 0 saturated carbocycles. The van der Waals surface area contributed by atoms with Crippen LogP contribution in [0.5, 0.6) is 5.88 Å². The van der Waals surface area contributed by atoms with Crippen molar-refractivity contribution in [3.05, 3.63) is 89.0 Å². The number of benzene rings is 1. The first kappa shape index (κ1) is 23.4. The van der Waals surface area contributed by atoms with E-state index in [-0.39, 0.29) is 12.3 Å². The number of ether oxygens (including phenoxy) is 1. The second-order valence-electron chi connectivity index (χ2n) is 7.20. The molecule has 0 bridgehead atoms. The van der Waals surface area contributed by atoms with Gasteiger partial charge in [0.25, 0.3) is 0 Å². The van der Waals surface area contributed by atoms with Crippen LogP contribution in [0.4, 0.5) is 4.39 Å². The number of nitrogens with zero attached hydrogens (tertiary/aromatic N) is 2. The second kappa shape index (κ2) is 11.4. The highest BCUT2D eigenvalue weighted by atomic mass is 32.2. The quantitative estimate of drug-likeness (QED) is 0.613. The number of methoxy groups -OCH3 is 1. The number of carbonyl (C=O) groups is 1. The van der Waals surface area contributed by atoms with E-state index in [1.165, 1.54) is 13.2 Å². The summed E-state index contributed by atoms with van der Waals surface area (Å²) in [7, 11) is 0.931. The summed E-state index contributed by atoms with van der Waals surface area (Å²) in [6.07, 6.45) is 6.43. The molecule has 1 atom stereocenters. The molecule has 1 unspecified atom stereocenters. The standard InChI is InChI=1S/C20H20FN3O2.C4H6OS/c1-14-4-3-9-24(14)17-6-5-16(18(21)12-17)11-19(25)23-13-15-7-8-22-20(10-15)26-2;5-6-3-1-2-4-6/h3-10,12H,11,13H2,1-2H3,(H,23,25);1,3H,2,4H2. The molecule has 168 valence electrons. The van der Waals surface area contributed by atoms with Crippen LogP contribution in [0.3, 0.4) is 0 Å². The average Bonchev–Trinajstić information content (AvgIpc) is 3.45. The number of amides is 1. The van der Waals surface area contributed by atoms with Gasteiger partial charge in [0.1, 0.15) is 5.82 Å². The molecule has 1 aliphatic rings. The predicted molar refractivity (Wildman–Crippen MR) is 124 cm³/mol. The molecular formula is C24H26FN3O3S. The van der Waals surface area contributed by atoms with Crippen LogP contribution in [0.15, 0.2) is 66.3 Å². The molecule has 8 heteroatoms. The minimum absolute atomic E-state index is 0.0149. The normalized spacial score (nSPS) is 14.5. The Morgan fingerprint density at radius 3 is 2.72 bits per heavy atom. The predicted octanol–water partition coefficient (Wildman–Crippen LogP) is 3.84. The molecule has 0 saturated heterocycles. The van der Waals surface area contributed by atoms with Crippen LogP contribution < -0.4 is 10.1 Å². The fourth-order valence-electron chi connectivity index (χ4n) is 3.12. The molecule has 1 aromatic carbocycles. The molecule has 0 spiro atoms. The van der Waals surface area contributed by atoms with Crippen molar-refractivity contribution < 1.29 is 18.1 Å². The summed E-state index contributed by atoms with van der Waals surface area (Å²) in [6.45, 7) is 2.29. The van der Waals surface area contributed by atoms with Gasteiger partial charge in [-0.15, -0.1) is 0 Å². The summed E-state index contributed by atoms with van der Waals surface area (Å²) in [5, 5.41) is 4.53. The van der Waals surface area contributed by atoms with Gasteiger partial charge in [0.15, 0.2) is 0 Å². The van der Waals surface area contributed by atoms with Gasteiger partial charge in [-0.05, 0) is 60.2 Å². The van der Waals surface area contributed by atoms with Crippen molar-refractivity contribution in [1.29, 1.82) is 0 Å². The highest BCUT2D eigenvalue weighted by Crippen LogP contribution is 2.17. The lowest BCUT2D eigenvalue weighted by Gasteiger charge is -2.10. The van der Waals surface area contributed by atoms with Crippen molar-refractivity contribution in [3.63, 3.8) is 0 Å². The molecule has 0 radical (unpaired) electrons. The Labute approximate surface area is 189 Å². The number of pyridine rings is 1. The zero-order valence-electron chi connectivity index (χ0n) is 18.1. The van der Waals surface area contributed by atoms with Crippen molar-refractivity contribution in [2.75, 3.05) is 12.9 Å². The highest BCUT2D eigenvalue weighted by molar-refractivity contribution is 7.88. The minimum Gasteiger partial charge on any atom is -0.481 e. The van der Waals surface area contributed by atoms with Crippen LogP contribution in [0.2, 0.25) is 0 Å². The number of rotatable bonds is 6. The molecular weight excluding hydrogens is 429 g/mol. The summed E-state index contributed by atoms with van der Waals surface area (Å²) < 4.78 is 31.6. The van der Waals surface area contributed by atoms with Gasteiger partial charge < -0.3 is 14.6 Å². The van der Waals surface area contributed by atoms with E-state index in [9.17, 15) is 13.4 Å². The van der Waals surface area contributed by atoms with E-state index in [0.717, 1.165) is 29.1 Å². The number of nitrogens with one attached hydrogen (secondary N) is 1. The molecule has 1 amide bonds. The SMILES string of the molecule is COc1cc(CNC(=O)Cc2ccc(-n3cccc3C)cc2F)ccn1.O=S1C=CCC1. The van der Waals surface area contributed by atoms with Gasteiger partial charge in [-0.25, -0.2) is 9.37 Å². The van der Waals surface area contributed by atoms with Crippen LogP contribution in [0.1, 0.15) is 23.2 Å². The van der Waals surface area contributed by atoms with Crippen molar-refractivity contribution in [1.82, 2.24) is 14.9 Å². The number of hydrogen-bond donors (Lipinski definition) is 1. The van der Waals surface area contributed by atoms with Crippen molar-refractivity contribution in [3.8, 4) is 11.6 Å². The maximum atomic E-state index is 14.4. The highest BCUT2D eigenvalue weighted by Gasteiger charge is 2.10. The van der Waals surface area contributed by atoms with Crippen LogP contribution in [0, 0.1) is 12.7 Å². The Morgan fingerprint density at radius 2 is 2.12 bits per heavy atom. The van der Waals surface area contributed by atoms with E-state index in [1.807, 2.05) is 42.0 Å². The number of carbonyl (C=O) groups excluding carboxylic acids is 1. The lowest BCUT2D eigenvalue weighted by atomic mass is 10.1. The molecule has 4 rings (SSSR count). The van der Waals surface area contributed by atoms with Gasteiger partial charge in [-0.3, -0.25) is 9.00 Å². The fraction of sp³-hybridized carbons (Fsp3) is 0.250. The number of halogens is 1. The molecule has 6 nitrogen and oxygen atoms in total. The molecule has 1 N–H and O–H groups in total. The molecule has 3 aromatic rings. The second-order valence-corrected chi connectivity index (χ2v) is 8.64. The van der Waals surface area contributed by atoms with E-state index in [2.05, 4.69) is 10.3 Å². The monoisotopic (exact) mass is 455 g/mol. The molecule has 0 fully saturated rings. The lowest BCUT2D eigenvalue weighted by molar-refractivity contribution is -0.120. The van der Waals surface area contributed by atoms with Gasteiger partial charge in [0.05, 0.1) is 13.5 Å². The third-order valence-electron chi connectivity index (χ3n) is 4.85. The van der Waals surface area contributed by atoms with Crippen LogP contribution in [-0.4, -0.2) is 32.5 Å². The van der Waals surface area contributed by atoms with Crippen molar-refractivity contribution >= 4 is 16.7 Å². The topological polar surface area (TPSA) is 73.2 Å². The van der Waals surface area contributed by atoms with Crippen LogP contribution in [0.25, 0.3) is 5.69 Å². The largest absolute Gasteiger partial charge is 0.481 e. The zero-order chi connectivity index (χ0) is 22.9. The van der Waals surface area contributed by atoms with Crippen LogP contribution >= 0.6 is 0 Å². The number of hydrogen-bond acceptors (Lipinski definition) is 4. The van der Waals surface area contributed by atoms with Gasteiger partial charge in [0.2, 0.25) is 11.8 Å². The Hall–Kier alpha value is -3.26. The molecule has 1 aliphatic heterocycles. The Kier molecular flexibility index (Phi) is 8.33. The van der Waals surface area contributed by atoms with Crippen molar-refractivity contribution in [2.45, 2.75) is 26.3 Å². The summed E-state index contributed by atoms with van der Waals surface area (Å²) in [5.74, 6) is 0.694. The Balaban J connectivity index is 0.000000416. The molecule has 32 heavy (non-hydrogen) atoms. The summed E-state index contributed by atoms with van der Waals surface area (Å²) in [5.41, 5.74) is 2.98. The Bertz CT molecular complexity index is 1130. The smallest absolute Gasteiger partial charge is 0.224 e. The average molecular weight is 456 g/mol. The van der Waals surface area contributed by atoms with Gasteiger partial charge in [0, 0.05) is 52.9 Å². The van der Waals surface area contributed by atoms with E-state index in [0.29, 0.717) is 18.0 Å². The maximum absolute atomic E-state index is 14.4. The number of aryl methyl sites for hydroxylation is 1. The van der Waals surface area contributed by atoms with Crippen LogP contribution in [-0.2, 0) is 28.6 Å². The first-order valence-electron chi connectivity index (χ1n) is 10.2. The summed E-state index contributed by atoms with van der Waals surface area (Å²) in [4.78, 5) is 16.1. The lowest BCUT2D eigenvalue weighted by Crippen LogP contribution is -2.25. The summed E-state index contributed by atoms with van der Waals surface area (Å²) in [6, 6.07) is 12.3. The summed E-state index contributed by atoms with van der Waals surface area (Å²) >= 11 is 0. The van der Waals surface area contributed by atoms with E-state index >= 15 is 0 Å². The van der Waals surface area contributed by atoms with Gasteiger partial charge in [-0.2, -0.15) is 0 Å². The first-order chi connectivity index (χ1) is 15.5. The molecule has 0 aliphatic carbocycles. The van der Waals surface area contributed by atoms with E-state index < -0.39 is 16.6 Å². The first-order valence-corrected chi connectivity index (χ1v) is 11.6. The van der Waals surface area contributed by atoms with Crippen molar-refractivity contribution in [2.24, 2.45) is 0 Å². The minimum atomic E-state index is -0.603. The molecule has 2 aromatic heterocycles. The van der Waals surface area contributed by atoms with E-state index in [1.54, 1.807) is 29.8 Å². The maximum Gasteiger partial charge on any atom is 0.224 e. The molecule has 3 heterocycles. The third-order valence-corrected chi connectivity index (χ3v) is 5.98. The number of aromatic nitrogens is 2. The Morgan fingerprint density at radius 1 is 1.28 bits per heavy atom. The number of allylic oxidation sites excluding steroid dienone is 1.